The van der Waals surface area contributed by atoms with Crippen molar-refractivity contribution >= 4 is 27.5 Å². The third-order valence-corrected chi connectivity index (χ3v) is 3.97. The number of alkyl halides is 1. The van der Waals surface area contributed by atoms with Crippen molar-refractivity contribution in [3.8, 4) is 5.75 Å². The highest BCUT2D eigenvalue weighted by atomic mass is 79.9. The Bertz CT molecular complexity index is 361. The van der Waals surface area contributed by atoms with Crippen LogP contribution in [-0.4, -0.2) is 36.5 Å². The number of ether oxygens (including phenoxy) is 1. The smallest absolute Gasteiger partial charge is 0.120 e. The van der Waals surface area contributed by atoms with Gasteiger partial charge < -0.3 is 4.74 Å². The van der Waals surface area contributed by atoms with Gasteiger partial charge in [-0.2, -0.15) is 0 Å². The van der Waals surface area contributed by atoms with Crippen LogP contribution in [-0.2, 0) is 0 Å². The Morgan fingerprint density at radius 3 is 3.12 bits per heavy atom. The van der Waals surface area contributed by atoms with Crippen LogP contribution < -0.4 is 4.74 Å². The van der Waals surface area contributed by atoms with Crippen LogP contribution in [0.5, 0.6) is 5.75 Å². The minimum Gasteiger partial charge on any atom is -0.492 e. The Morgan fingerprint density at radius 2 is 2.35 bits per heavy atom. The van der Waals surface area contributed by atoms with Crippen molar-refractivity contribution in [2.45, 2.75) is 18.9 Å². The van der Waals surface area contributed by atoms with Crippen molar-refractivity contribution in [2.24, 2.45) is 0 Å². The van der Waals surface area contributed by atoms with Crippen LogP contribution in [0.3, 0.4) is 0 Å². The third kappa shape index (κ3) is 3.87. The van der Waals surface area contributed by atoms with Gasteiger partial charge in [-0.15, -0.1) is 11.6 Å². The van der Waals surface area contributed by atoms with Gasteiger partial charge in [-0.25, -0.2) is 0 Å². The van der Waals surface area contributed by atoms with E-state index in [1.165, 1.54) is 12.8 Å². The van der Waals surface area contributed by atoms with E-state index >= 15 is 0 Å². The van der Waals surface area contributed by atoms with Crippen LogP contribution in [0.4, 0.5) is 0 Å². The summed E-state index contributed by atoms with van der Waals surface area (Å²) in [7, 11) is 0. The fourth-order valence-corrected chi connectivity index (χ4v) is 2.93. The summed E-state index contributed by atoms with van der Waals surface area (Å²) in [6, 6.07) is 8.49. The van der Waals surface area contributed by atoms with Gasteiger partial charge in [-0.3, -0.25) is 4.90 Å². The van der Waals surface area contributed by atoms with Gasteiger partial charge in [0.2, 0.25) is 0 Å². The molecule has 2 nitrogen and oxygen atoms in total. The van der Waals surface area contributed by atoms with Crippen LogP contribution in [0.15, 0.2) is 28.7 Å². The van der Waals surface area contributed by atoms with Gasteiger partial charge in [0, 0.05) is 22.9 Å². The molecule has 1 aliphatic heterocycles. The summed E-state index contributed by atoms with van der Waals surface area (Å²) in [5.41, 5.74) is 0. The van der Waals surface area contributed by atoms with Gasteiger partial charge in [-0.05, 0) is 37.6 Å². The second-order valence-electron chi connectivity index (χ2n) is 4.29. The lowest BCUT2D eigenvalue weighted by atomic mass is 10.2. The fourth-order valence-electron chi connectivity index (χ4n) is 2.20. The molecule has 1 saturated heterocycles. The van der Waals surface area contributed by atoms with Crippen molar-refractivity contribution in [2.75, 3.05) is 25.6 Å². The predicted molar refractivity (Wildman–Crippen MR) is 75.0 cm³/mol. The van der Waals surface area contributed by atoms with E-state index in [2.05, 4.69) is 20.8 Å². The average molecular weight is 319 g/mol. The molecule has 0 saturated carbocycles. The topological polar surface area (TPSA) is 12.5 Å². The van der Waals surface area contributed by atoms with Gasteiger partial charge in [0.25, 0.3) is 0 Å². The number of nitrogens with zero attached hydrogens (tertiary/aromatic N) is 1. The third-order valence-electron chi connectivity index (χ3n) is 3.12. The molecule has 1 unspecified atom stereocenters. The Kier molecular flexibility index (Phi) is 5.14. The first-order valence-corrected chi connectivity index (χ1v) is 7.31. The lowest BCUT2D eigenvalue weighted by Gasteiger charge is -2.22. The molecule has 0 amide bonds. The normalized spacial score (nSPS) is 20.7. The monoisotopic (exact) mass is 317 g/mol. The molecule has 1 fully saturated rings. The van der Waals surface area contributed by atoms with Crippen molar-refractivity contribution < 1.29 is 4.74 Å². The summed E-state index contributed by atoms with van der Waals surface area (Å²) in [5.74, 6) is 1.65. The predicted octanol–water partition coefficient (Wildman–Crippen LogP) is 3.53. The zero-order chi connectivity index (χ0) is 12.1. The summed E-state index contributed by atoms with van der Waals surface area (Å²) in [4.78, 5) is 2.42. The molecule has 0 aliphatic carbocycles. The van der Waals surface area contributed by atoms with E-state index in [-0.39, 0.29) is 0 Å². The Morgan fingerprint density at radius 1 is 1.47 bits per heavy atom. The first-order valence-electron chi connectivity index (χ1n) is 5.98. The van der Waals surface area contributed by atoms with Crippen LogP contribution in [0, 0.1) is 0 Å². The molecule has 1 aromatic rings. The molecule has 1 aliphatic rings. The number of hydrogen-bond donors (Lipinski definition) is 0. The molecular weight excluding hydrogens is 302 g/mol. The van der Waals surface area contributed by atoms with E-state index in [1.54, 1.807) is 0 Å². The van der Waals surface area contributed by atoms with Crippen molar-refractivity contribution in [1.29, 1.82) is 0 Å². The maximum Gasteiger partial charge on any atom is 0.120 e. The van der Waals surface area contributed by atoms with E-state index < -0.39 is 0 Å². The summed E-state index contributed by atoms with van der Waals surface area (Å²) in [6.45, 7) is 2.84. The first kappa shape index (κ1) is 13.2. The van der Waals surface area contributed by atoms with Crippen molar-refractivity contribution in [3.63, 3.8) is 0 Å². The van der Waals surface area contributed by atoms with Gasteiger partial charge in [0.1, 0.15) is 12.4 Å². The molecular formula is C13H17BrClNO. The molecule has 1 atom stereocenters. The number of halogens is 2. The van der Waals surface area contributed by atoms with E-state index in [9.17, 15) is 0 Å². The molecule has 0 aromatic heterocycles. The highest BCUT2D eigenvalue weighted by Gasteiger charge is 2.22. The van der Waals surface area contributed by atoms with Crippen LogP contribution in [0.2, 0.25) is 0 Å². The molecule has 4 heteroatoms. The largest absolute Gasteiger partial charge is 0.492 e. The van der Waals surface area contributed by atoms with E-state index in [0.717, 1.165) is 35.8 Å². The van der Waals surface area contributed by atoms with Gasteiger partial charge in [-0.1, -0.05) is 22.0 Å². The summed E-state index contributed by atoms with van der Waals surface area (Å²) in [5, 5.41) is 0. The minimum absolute atomic E-state index is 0.544. The van der Waals surface area contributed by atoms with Gasteiger partial charge in [0.05, 0.1) is 0 Å². The highest BCUT2D eigenvalue weighted by Crippen LogP contribution is 2.19. The number of likely N-dealkylation sites (tertiary alicyclic amines) is 1. The maximum atomic E-state index is 5.93. The summed E-state index contributed by atoms with van der Waals surface area (Å²) < 4.78 is 6.78. The van der Waals surface area contributed by atoms with E-state index in [4.69, 9.17) is 16.3 Å². The number of benzene rings is 1. The second kappa shape index (κ2) is 6.62. The number of hydrogen-bond acceptors (Lipinski definition) is 2. The van der Waals surface area contributed by atoms with Gasteiger partial charge >= 0.3 is 0 Å². The molecule has 0 bridgehead atoms. The SMILES string of the molecule is ClCC1CCCN1CCOc1cccc(Br)c1. The molecule has 2 rings (SSSR count). The van der Waals surface area contributed by atoms with E-state index in [1.807, 2.05) is 24.3 Å². The van der Waals surface area contributed by atoms with Gasteiger partial charge in [0.15, 0.2) is 0 Å². The molecule has 1 aromatic carbocycles. The van der Waals surface area contributed by atoms with E-state index in [0.29, 0.717) is 6.04 Å². The maximum absolute atomic E-state index is 5.93. The quantitative estimate of drug-likeness (QED) is 0.770. The summed E-state index contributed by atoms with van der Waals surface area (Å²) in [6.07, 6.45) is 2.48. The molecule has 0 spiro atoms. The zero-order valence-corrected chi connectivity index (χ0v) is 12.1. The van der Waals surface area contributed by atoms with Crippen LogP contribution in [0.1, 0.15) is 12.8 Å². The lowest BCUT2D eigenvalue weighted by molar-refractivity contribution is 0.206. The Balaban J connectivity index is 1.76. The van der Waals surface area contributed by atoms with Crippen LogP contribution in [0.25, 0.3) is 0 Å². The molecule has 0 radical (unpaired) electrons. The highest BCUT2D eigenvalue weighted by molar-refractivity contribution is 9.10. The minimum atomic E-state index is 0.544. The second-order valence-corrected chi connectivity index (χ2v) is 5.52. The Labute approximate surface area is 116 Å². The molecule has 94 valence electrons. The Hall–Kier alpha value is -0.250. The average Bonchev–Trinajstić information content (AvgIpc) is 2.77. The fraction of sp³-hybridized carbons (Fsp3) is 0.538. The lowest BCUT2D eigenvalue weighted by Crippen LogP contribution is -2.34. The number of rotatable bonds is 5. The molecule has 0 N–H and O–H groups in total. The summed E-state index contributed by atoms with van der Waals surface area (Å²) >= 11 is 9.36. The molecule has 1 heterocycles. The standard InChI is InChI=1S/C13H17BrClNO/c14-11-3-1-5-13(9-11)17-8-7-16-6-2-4-12(16)10-15/h1,3,5,9,12H,2,4,6-8,10H2. The molecule has 17 heavy (non-hydrogen) atoms. The first-order chi connectivity index (χ1) is 8.29. The van der Waals surface area contributed by atoms with Crippen molar-refractivity contribution in [1.82, 2.24) is 4.90 Å². The van der Waals surface area contributed by atoms with Crippen molar-refractivity contribution in [3.05, 3.63) is 28.7 Å². The van der Waals surface area contributed by atoms with Crippen LogP contribution >= 0.6 is 27.5 Å². The zero-order valence-electron chi connectivity index (χ0n) is 9.74.